The molecule has 1 aliphatic heterocycles. The normalized spacial score (nSPS) is 29.7. The van der Waals surface area contributed by atoms with Crippen molar-refractivity contribution in [3.8, 4) is 5.75 Å². The minimum absolute atomic E-state index is 0.0992. The van der Waals surface area contributed by atoms with Crippen LogP contribution in [0.15, 0.2) is 48.5 Å². The third kappa shape index (κ3) is 2.60. The Morgan fingerprint density at radius 1 is 1.00 bits per heavy atom. The Hall–Kier alpha value is -2.43. The number of ether oxygens (including phenoxy) is 1. The first-order valence-corrected chi connectivity index (χ1v) is 12.0. The number of aliphatic hydroxyl groups is 1. The lowest BCUT2D eigenvalue weighted by atomic mass is 9.52. The molecular formula is C28H30N2O2. The van der Waals surface area contributed by atoms with E-state index >= 15 is 0 Å². The predicted octanol–water partition coefficient (Wildman–Crippen LogP) is 4.05. The second kappa shape index (κ2) is 6.33. The summed E-state index contributed by atoms with van der Waals surface area (Å²) < 4.78 is 5.66. The van der Waals surface area contributed by atoms with Crippen molar-refractivity contribution in [1.29, 1.82) is 0 Å². The number of fused-ring (bicyclic) bond motifs is 3. The number of pyridine rings is 1. The van der Waals surface area contributed by atoms with Crippen LogP contribution >= 0.6 is 0 Å². The molecule has 4 nitrogen and oxygen atoms in total. The van der Waals surface area contributed by atoms with Crippen LogP contribution in [-0.2, 0) is 24.7 Å². The molecule has 7 rings (SSSR count). The van der Waals surface area contributed by atoms with E-state index in [1.54, 1.807) is 7.11 Å². The molecule has 2 unspecified atom stereocenters. The average Bonchev–Trinajstić information content (AvgIpc) is 3.45. The first kappa shape index (κ1) is 19.1. The van der Waals surface area contributed by atoms with E-state index in [0.29, 0.717) is 0 Å². The smallest absolute Gasteiger partial charge is 0.119 e. The lowest BCUT2D eigenvalue weighted by molar-refractivity contribution is -0.0200. The summed E-state index contributed by atoms with van der Waals surface area (Å²) in [5, 5.41) is 11.9. The molecular weight excluding hydrogens is 396 g/mol. The molecule has 1 saturated carbocycles. The fourth-order valence-corrected chi connectivity index (χ4v) is 7.23. The molecule has 2 heterocycles. The van der Waals surface area contributed by atoms with Gasteiger partial charge in [0.15, 0.2) is 0 Å². The fraction of sp³-hybridized carbons (Fsp3) is 0.464. The van der Waals surface area contributed by atoms with Crippen molar-refractivity contribution < 1.29 is 9.84 Å². The molecule has 1 N–H and O–H groups in total. The van der Waals surface area contributed by atoms with Gasteiger partial charge in [0.25, 0.3) is 0 Å². The maximum absolute atomic E-state index is 10.7. The number of para-hydroxylation sites is 1. The number of likely N-dealkylation sites (tertiary alicyclic amines) is 1. The van der Waals surface area contributed by atoms with Gasteiger partial charge in [0.1, 0.15) is 5.75 Å². The van der Waals surface area contributed by atoms with Crippen LogP contribution in [0.25, 0.3) is 10.9 Å². The highest BCUT2D eigenvalue weighted by molar-refractivity contribution is 5.79. The van der Waals surface area contributed by atoms with Gasteiger partial charge in [-0.1, -0.05) is 24.3 Å². The summed E-state index contributed by atoms with van der Waals surface area (Å²) in [5.41, 5.74) is 6.60. The van der Waals surface area contributed by atoms with Crippen molar-refractivity contribution in [3.05, 3.63) is 70.9 Å². The monoisotopic (exact) mass is 426 g/mol. The highest BCUT2D eigenvalue weighted by Crippen LogP contribution is 2.62. The summed E-state index contributed by atoms with van der Waals surface area (Å²) in [6.07, 6.45) is 6.21. The summed E-state index contributed by atoms with van der Waals surface area (Å²) in [7, 11) is 1.77. The van der Waals surface area contributed by atoms with Gasteiger partial charge in [-0.2, -0.15) is 0 Å². The molecule has 1 saturated heterocycles. The van der Waals surface area contributed by atoms with Crippen LogP contribution < -0.4 is 4.74 Å². The second-order valence-corrected chi connectivity index (χ2v) is 10.9. The van der Waals surface area contributed by atoms with E-state index in [-0.39, 0.29) is 10.8 Å². The first-order valence-electron chi connectivity index (χ1n) is 12.0. The molecule has 3 aliphatic carbocycles. The Morgan fingerprint density at radius 2 is 1.84 bits per heavy atom. The molecule has 0 amide bonds. The first-order chi connectivity index (χ1) is 15.5. The zero-order valence-electron chi connectivity index (χ0n) is 18.7. The van der Waals surface area contributed by atoms with E-state index in [9.17, 15) is 5.11 Å². The van der Waals surface area contributed by atoms with Gasteiger partial charge >= 0.3 is 0 Å². The highest BCUT2D eigenvalue weighted by atomic mass is 16.5. The zero-order chi connectivity index (χ0) is 21.6. The number of aromatic nitrogens is 1. The van der Waals surface area contributed by atoms with Gasteiger partial charge in [0.2, 0.25) is 0 Å². The van der Waals surface area contributed by atoms with Crippen LogP contribution in [-0.4, -0.2) is 47.3 Å². The number of rotatable bonds is 3. The summed E-state index contributed by atoms with van der Waals surface area (Å²) in [5.74, 6) is 0.959. The van der Waals surface area contributed by atoms with Gasteiger partial charge < -0.3 is 9.84 Å². The van der Waals surface area contributed by atoms with Gasteiger partial charge in [-0.15, -0.1) is 0 Å². The molecule has 0 radical (unpaired) electrons. The number of nitrogens with zero attached hydrogens (tertiary/aromatic N) is 2. The van der Waals surface area contributed by atoms with Crippen molar-refractivity contribution in [2.45, 2.75) is 49.5 Å². The Balaban J connectivity index is 1.38. The molecule has 2 fully saturated rings. The average molecular weight is 427 g/mol. The van der Waals surface area contributed by atoms with E-state index < -0.39 is 5.60 Å². The number of β-amino-alcohol motifs (C(OH)–C–C–N with tert-alkyl or cyclic N) is 1. The van der Waals surface area contributed by atoms with Crippen LogP contribution in [0.4, 0.5) is 0 Å². The third-order valence-electron chi connectivity index (χ3n) is 8.99. The number of hydrogen-bond donors (Lipinski definition) is 1. The summed E-state index contributed by atoms with van der Waals surface area (Å²) in [4.78, 5) is 7.74. The van der Waals surface area contributed by atoms with Crippen molar-refractivity contribution in [1.82, 2.24) is 9.88 Å². The van der Waals surface area contributed by atoms with Crippen molar-refractivity contribution in [2.24, 2.45) is 5.41 Å². The SMILES string of the molecule is COc1ccc2c(c1)C13CCN(CC4(O)CC4)CC1(C2)Cc1cc2ccccc2nc1C3. The number of piperidine rings is 1. The lowest BCUT2D eigenvalue weighted by Gasteiger charge is -2.56. The zero-order valence-corrected chi connectivity index (χ0v) is 18.7. The fourth-order valence-electron chi connectivity index (χ4n) is 7.23. The third-order valence-corrected chi connectivity index (χ3v) is 8.99. The number of hydrogen-bond acceptors (Lipinski definition) is 4. The molecule has 2 atom stereocenters. The van der Waals surface area contributed by atoms with Crippen LogP contribution in [0.1, 0.15) is 41.6 Å². The van der Waals surface area contributed by atoms with Crippen LogP contribution in [0.3, 0.4) is 0 Å². The van der Waals surface area contributed by atoms with Gasteiger partial charge in [0, 0.05) is 41.4 Å². The standard InChI is InChI=1S/C28H30N2O2/c1-32-22-7-6-20-14-26-15-21-12-19-4-2-3-5-24(19)29-25(21)16-28(26,23(20)13-22)10-11-30(17-26)18-27(31)8-9-27/h2-7,12-13,31H,8-11,14-18H2,1H3. The van der Waals surface area contributed by atoms with Crippen molar-refractivity contribution >= 4 is 10.9 Å². The summed E-state index contributed by atoms with van der Waals surface area (Å²) >= 11 is 0. The molecule has 4 aliphatic rings. The van der Waals surface area contributed by atoms with Crippen LogP contribution in [0, 0.1) is 5.41 Å². The molecule has 2 aromatic carbocycles. The van der Waals surface area contributed by atoms with E-state index in [2.05, 4.69) is 53.4 Å². The van der Waals surface area contributed by atoms with E-state index in [0.717, 1.165) is 69.4 Å². The maximum atomic E-state index is 10.7. The minimum Gasteiger partial charge on any atom is -0.497 e. The summed E-state index contributed by atoms with van der Waals surface area (Å²) in [6, 6.07) is 17.7. The largest absolute Gasteiger partial charge is 0.497 e. The molecule has 3 aromatic rings. The Morgan fingerprint density at radius 3 is 2.69 bits per heavy atom. The molecule has 4 heteroatoms. The lowest BCUT2D eigenvalue weighted by Crippen LogP contribution is -2.61. The van der Waals surface area contributed by atoms with Gasteiger partial charge in [-0.05, 0) is 79.6 Å². The molecule has 32 heavy (non-hydrogen) atoms. The summed E-state index contributed by atoms with van der Waals surface area (Å²) in [6.45, 7) is 2.93. The van der Waals surface area contributed by atoms with E-state index in [1.807, 2.05) is 0 Å². The van der Waals surface area contributed by atoms with Gasteiger partial charge in [-0.25, -0.2) is 0 Å². The highest BCUT2D eigenvalue weighted by Gasteiger charge is 2.62. The van der Waals surface area contributed by atoms with Gasteiger partial charge in [-0.3, -0.25) is 9.88 Å². The van der Waals surface area contributed by atoms with Crippen LogP contribution in [0.5, 0.6) is 5.75 Å². The number of methoxy groups -OCH3 is 1. The van der Waals surface area contributed by atoms with E-state index in [4.69, 9.17) is 9.72 Å². The van der Waals surface area contributed by atoms with Crippen molar-refractivity contribution in [2.75, 3.05) is 26.7 Å². The maximum Gasteiger partial charge on any atom is 0.119 e. The van der Waals surface area contributed by atoms with Crippen molar-refractivity contribution in [3.63, 3.8) is 0 Å². The second-order valence-electron chi connectivity index (χ2n) is 10.9. The number of benzene rings is 2. The molecule has 0 bridgehead atoms. The quantitative estimate of drug-likeness (QED) is 0.686. The molecule has 164 valence electrons. The molecule has 1 aromatic heterocycles. The minimum atomic E-state index is -0.435. The van der Waals surface area contributed by atoms with Gasteiger partial charge in [0.05, 0.1) is 18.2 Å². The Labute approximate surface area is 189 Å². The Kier molecular flexibility index (Phi) is 3.77. The molecule has 0 spiro atoms. The topological polar surface area (TPSA) is 45.6 Å². The Bertz CT molecular complexity index is 1250. The predicted molar refractivity (Wildman–Crippen MR) is 125 cm³/mol. The van der Waals surface area contributed by atoms with Crippen LogP contribution in [0.2, 0.25) is 0 Å². The van der Waals surface area contributed by atoms with E-state index in [1.165, 1.54) is 27.8 Å².